The second kappa shape index (κ2) is 8.41. The summed E-state index contributed by atoms with van der Waals surface area (Å²) in [6.45, 7) is 3.31. The van der Waals surface area contributed by atoms with E-state index in [-0.39, 0.29) is 0 Å². The van der Waals surface area contributed by atoms with Crippen LogP contribution in [0.15, 0.2) is 48.7 Å². The third-order valence-corrected chi connectivity index (χ3v) is 4.86. The van der Waals surface area contributed by atoms with Crippen molar-refractivity contribution in [3.63, 3.8) is 0 Å². The van der Waals surface area contributed by atoms with Gasteiger partial charge in [-0.3, -0.25) is 9.88 Å². The van der Waals surface area contributed by atoms with Gasteiger partial charge in [0.2, 0.25) is 0 Å². The first-order valence-electron chi connectivity index (χ1n) is 9.10. The van der Waals surface area contributed by atoms with E-state index in [0.717, 1.165) is 19.5 Å². The molecule has 0 aliphatic carbocycles. The van der Waals surface area contributed by atoms with Crippen LogP contribution in [-0.4, -0.2) is 42.0 Å². The zero-order valence-electron chi connectivity index (χ0n) is 15.0. The molecule has 2 aromatic rings. The van der Waals surface area contributed by atoms with E-state index in [0.29, 0.717) is 6.04 Å². The number of likely N-dealkylation sites (tertiary alicyclic amines) is 1. The lowest BCUT2D eigenvalue weighted by atomic mass is 9.94. The summed E-state index contributed by atoms with van der Waals surface area (Å²) < 4.78 is 0. The molecule has 2 heterocycles. The van der Waals surface area contributed by atoms with Crippen LogP contribution >= 0.6 is 0 Å². The predicted octanol–water partition coefficient (Wildman–Crippen LogP) is 3.91. The number of hydrogen-bond donors (Lipinski definition) is 0. The van der Waals surface area contributed by atoms with E-state index in [1.54, 1.807) is 0 Å². The molecule has 24 heavy (non-hydrogen) atoms. The first-order valence-corrected chi connectivity index (χ1v) is 9.10. The SMILES string of the molecule is CN(C)Cc1ccc(C2CCCCN2CCc2ccccn2)cc1. The van der Waals surface area contributed by atoms with E-state index in [4.69, 9.17) is 0 Å². The molecular weight excluding hydrogens is 294 g/mol. The summed E-state index contributed by atoms with van der Waals surface area (Å²) in [5.41, 5.74) is 4.06. The molecule has 1 unspecified atom stereocenters. The molecule has 0 amide bonds. The zero-order chi connectivity index (χ0) is 16.8. The fraction of sp³-hybridized carbons (Fsp3) is 0.476. The van der Waals surface area contributed by atoms with Crippen molar-refractivity contribution in [3.05, 3.63) is 65.5 Å². The van der Waals surface area contributed by atoms with Gasteiger partial charge in [-0.15, -0.1) is 0 Å². The normalized spacial score (nSPS) is 18.9. The first kappa shape index (κ1) is 17.1. The molecule has 3 heteroatoms. The fourth-order valence-electron chi connectivity index (χ4n) is 3.65. The summed E-state index contributed by atoms with van der Waals surface area (Å²) in [4.78, 5) is 9.34. The van der Waals surface area contributed by atoms with Crippen LogP contribution in [0, 0.1) is 0 Å². The highest BCUT2D eigenvalue weighted by Crippen LogP contribution is 2.31. The molecule has 3 nitrogen and oxygen atoms in total. The third kappa shape index (κ3) is 4.65. The fourth-order valence-corrected chi connectivity index (χ4v) is 3.65. The molecule has 0 radical (unpaired) electrons. The quantitative estimate of drug-likeness (QED) is 0.803. The number of piperidine rings is 1. The van der Waals surface area contributed by atoms with E-state index < -0.39 is 0 Å². The number of pyridine rings is 1. The van der Waals surface area contributed by atoms with Crippen LogP contribution in [0.5, 0.6) is 0 Å². The molecule has 1 fully saturated rings. The van der Waals surface area contributed by atoms with Gasteiger partial charge < -0.3 is 4.90 Å². The lowest BCUT2D eigenvalue weighted by Gasteiger charge is -2.36. The number of nitrogens with zero attached hydrogens (tertiary/aromatic N) is 3. The van der Waals surface area contributed by atoms with Gasteiger partial charge in [0, 0.05) is 37.4 Å². The van der Waals surface area contributed by atoms with Crippen LogP contribution < -0.4 is 0 Å². The highest BCUT2D eigenvalue weighted by Gasteiger charge is 2.23. The van der Waals surface area contributed by atoms with E-state index in [1.165, 1.54) is 42.6 Å². The van der Waals surface area contributed by atoms with Gasteiger partial charge in [0.15, 0.2) is 0 Å². The van der Waals surface area contributed by atoms with Crippen molar-refractivity contribution >= 4 is 0 Å². The van der Waals surface area contributed by atoms with Gasteiger partial charge in [-0.25, -0.2) is 0 Å². The van der Waals surface area contributed by atoms with E-state index in [1.807, 2.05) is 12.3 Å². The minimum absolute atomic E-state index is 0.566. The molecule has 0 bridgehead atoms. The maximum atomic E-state index is 4.47. The number of aromatic nitrogens is 1. The van der Waals surface area contributed by atoms with Crippen LogP contribution in [0.25, 0.3) is 0 Å². The maximum Gasteiger partial charge on any atom is 0.0416 e. The number of hydrogen-bond acceptors (Lipinski definition) is 3. The van der Waals surface area contributed by atoms with Gasteiger partial charge in [0.1, 0.15) is 0 Å². The Kier molecular flexibility index (Phi) is 6.00. The minimum atomic E-state index is 0.566. The molecule has 1 aliphatic rings. The average molecular weight is 323 g/mol. The Hall–Kier alpha value is -1.71. The molecule has 0 saturated carbocycles. The summed E-state index contributed by atoms with van der Waals surface area (Å²) in [5, 5.41) is 0. The molecule has 3 rings (SSSR count). The molecular formula is C21H29N3. The topological polar surface area (TPSA) is 19.4 Å². The molecule has 1 aromatic heterocycles. The predicted molar refractivity (Wildman–Crippen MR) is 99.9 cm³/mol. The molecule has 1 aromatic carbocycles. The summed E-state index contributed by atoms with van der Waals surface area (Å²) in [6.07, 6.45) is 6.86. The van der Waals surface area contributed by atoms with Crippen LogP contribution in [0.4, 0.5) is 0 Å². The third-order valence-electron chi connectivity index (χ3n) is 4.86. The minimum Gasteiger partial charge on any atom is -0.305 e. The smallest absolute Gasteiger partial charge is 0.0416 e. The van der Waals surface area contributed by atoms with E-state index in [2.05, 4.69) is 65.3 Å². The zero-order valence-corrected chi connectivity index (χ0v) is 15.0. The Morgan fingerprint density at radius 3 is 2.62 bits per heavy atom. The van der Waals surface area contributed by atoms with Crippen molar-refractivity contribution in [2.45, 2.75) is 38.3 Å². The summed E-state index contributed by atoms with van der Waals surface area (Å²) in [6, 6.07) is 16.0. The van der Waals surface area contributed by atoms with Gasteiger partial charge in [0.05, 0.1) is 0 Å². The van der Waals surface area contributed by atoms with Crippen molar-refractivity contribution in [2.24, 2.45) is 0 Å². The maximum absolute atomic E-state index is 4.47. The second-order valence-corrected chi connectivity index (χ2v) is 7.10. The van der Waals surface area contributed by atoms with Gasteiger partial charge in [-0.2, -0.15) is 0 Å². The van der Waals surface area contributed by atoms with Crippen molar-refractivity contribution in [1.29, 1.82) is 0 Å². The summed E-state index contributed by atoms with van der Waals surface area (Å²) in [7, 11) is 4.24. The Labute approximate surface area is 146 Å². The molecule has 128 valence electrons. The molecule has 0 N–H and O–H groups in total. The highest BCUT2D eigenvalue weighted by atomic mass is 15.2. The van der Waals surface area contributed by atoms with Gasteiger partial charge >= 0.3 is 0 Å². The highest BCUT2D eigenvalue weighted by molar-refractivity contribution is 5.25. The lowest BCUT2D eigenvalue weighted by molar-refractivity contribution is 0.150. The van der Waals surface area contributed by atoms with E-state index in [9.17, 15) is 0 Å². The Bertz CT molecular complexity index is 607. The van der Waals surface area contributed by atoms with Crippen LogP contribution in [0.1, 0.15) is 42.1 Å². The first-order chi connectivity index (χ1) is 11.7. The van der Waals surface area contributed by atoms with Gasteiger partial charge in [-0.1, -0.05) is 36.8 Å². The standard InChI is InChI=1S/C21H29N3/c1-23(2)17-18-9-11-19(12-10-18)21-8-4-6-15-24(21)16-13-20-7-3-5-14-22-20/h3,5,7,9-12,14,21H,4,6,8,13,15-17H2,1-2H3. The van der Waals surface area contributed by atoms with Crippen LogP contribution in [0.3, 0.4) is 0 Å². The second-order valence-electron chi connectivity index (χ2n) is 7.10. The van der Waals surface area contributed by atoms with Gasteiger partial charge in [0.25, 0.3) is 0 Å². The van der Waals surface area contributed by atoms with Crippen molar-refractivity contribution in [1.82, 2.24) is 14.8 Å². The van der Waals surface area contributed by atoms with Crippen molar-refractivity contribution in [2.75, 3.05) is 27.2 Å². The Morgan fingerprint density at radius 1 is 1.08 bits per heavy atom. The largest absolute Gasteiger partial charge is 0.305 e. The summed E-state index contributed by atoms with van der Waals surface area (Å²) >= 11 is 0. The van der Waals surface area contributed by atoms with Crippen LogP contribution in [-0.2, 0) is 13.0 Å². The average Bonchev–Trinajstić information content (AvgIpc) is 2.61. The van der Waals surface area contributed by atoms with Crippen molar-refractivity contribution in [3.8, 4) is 0 Å². The summed E-state index contributed by atoms with van der Waals surface area (Å²) in [5.74, 6) is 0. The molecule has 0 spiro atoms. The monoisotopic (exact) mass is 323 g/mol. The van der Waals surface area contributed by atoms with Gasteiger partial charge in [-0.05, 0) is 56.7 Å². The Morgan fingerprint density at radius 2 is 1.92 bits per heavy atom. The number of benzene rings is 1. The van der Waals surface area contributed by atoms with E-state index >= 15 is 0 Å². The Balaban J connectivity index is 1.65. The lowest BCUT2D eigenvalue weighted by Crippen LogP contribution is -2.35. The number of rotatable bonds is 6. The molecule has 1 atom stereocenters. The van der Waals surface area contributed by atoms with Crippen molar-refractivity contribution < 1.29 is 0 Å². The molecule has 1 saturated heterocycles. The molecule has 1 aliphatic heterocycles. The van der Waals surface area contributed by atoms with Crippen LogP contribution in [0.2, 0.25) is 0 Å².